The van der Waals surface area contributed by atoms with Crippen LogP contribution in [-0.2, 0) is 25.8 Å². The van der Waals surface area contributed by atoms with Gasteiger partial charge in [-0.15, -0.1) is 0 Å². The summed E-state index contributed by atoms with van der Waals surface area (Å²) < 4.78 is 35.0. The molecule has 0 fully saturated rings. The van der Waals surface area contributed by atoms with E-state index in [0.29, 0.717) is 30.2 Å². The normalized spacial score (nSPS) is 11.2. The fourth-order valence-electron chi connectivity index (χ4n) is 2.58. The Morgan fingerprint density at radius 3 is 2.54 bits per heavy atom. The zero-order chi connectivity index (χ0) is 20.4. The predicted octanol–water partition coefficient (Wildman–Crippen LogP) is 3.35. The van der Waals surface area contributed by atoms with Crippen molar-refractivity contribution < 1.29 is 22.7 Å². The van der Waals surface area contributed by atoms with Crippen molar-refractivity contribution in [1.29, 1.82) is 0 Å². The van der Waals surface area contributed by atoms with Gasteiger partial charge in [-0.25, -0.2) is 8.42 Å². The van der Waals surface area contributed by atoms with Crippen LogP contribution in [0.3, 0.4) is 0 Å². The Morgan fingerprint density at radius 1 is 1.07 bits per heavy atom. The number of halogens is 1. The van der Waals surface area contributed by atoms with Crippen LogP contribution in [0.25, 0.3) is 0 Å². The number of para-hydroxylation sites is 1. The van der Waals surface area contributed by atoms with E-state index < -0.39 is 21.5 Å². The van der Waals surface area contributed by atoms with Crippen molar-refractivity contribution in [2.45, 2.75) is 12.8 Å². The molecule has 0 aromatic heterocycles. The summed E-state index contributed by atoms with van der Waals surface area (Å²) in [7, 11) is -1.98. The average molecular weight is 426 g/mol. The molecule has 0 saturated carbocycles. The van der Waals surface area contributed by atoms with Crippen LogP contribution >= 0.6 is 11.6 Å². The summed E-state index contributed by atoms with van der Waals surface area (Å²) in [5.41, 5.74) is 1.40. The molecule has 0 aliphatic heterocycles. The fourth-order valence-corrected chi connectivity index (χ4v) is 4.01. The van der Waals surface area contributed by atoms with E-state index in [0.717, 1.165) is 5.56 Å². The van der Waals surface area contributed by atoms with E-state index in [1.807, 2.05) is 30.3 Å². The number of carbonyl (C=O) groups excluding carboxylic acids is 1. The van der Waals surface area contributed by atoms with Crippen molar-refractivity contribution >= 4 is 33.0 Å². The molecule has 8 heteroatoms. The van der Waals surface area contributed by atoms with Crippen LogP contribution in [0.15, 0.2) is 48.5 Å². The van der Waals surface area contributed by atoms with Gasteiger partial charge in [0.1, 0.15) is 12.4 Å². The second kappa shape index (κ2) is 11.0. The summed E-state index contributed by atoms with van der Waals surface area (Å²) in [6.45, 7) is 0.606. The van der Waals surface area contributed by atoms with E-state index in [9.17, 15) is 13.2 Å². The van der Waals surface area contributed by atoms with Gasteiger partial charge in [-0.2, -0.15) is 0 Å². The molecule has 152 valence electrons. The molecular formula is C20H24ClNO5S. The molecule has 1 N–H and O–H groups in total. The van der Waals surface area contributed by atoms with Gasteiger partial charge in [0.05, 0.1) is 23.1 Å². The number of rotatable bonds is 11. The van der Waals surface area contributed by atoms with Crippen molar-refractivity contribution in [3.8, 4) is 5.75 Å². The number of benzene rings is 2. The van der Waals surface area contributed by atoms with Gasteiger partial charge in [0.15, 0.2) is 15.6 Å². The molecule has 0 saturated heterocycles. The summed E-state index contributed by atoms with van der Waals surface area (Å²) >= 11 is 6.12. The topological polar surface area (TPSA) is 81.7 Å². The molecule has 28 heavy (non-hydrogen) atoms. The lowest BCUT2D eigenvalue weighted by Gasteiger charge is -2.14. The number of hydrogen-bond donors (Lipinski definition) is 1. The number of amides is 1. The molecule has 0 aliphatic carbocycles. The highest BCUT2D eigenvalue weighted by Crippen LogP contribution is 2.32. The molecule has 0 bridgehead atoms. The van der Waals surface area contributed by atoms with Crippen LogP contribution in [0, 0.1) is 0 Å². The summed E-state index contributed by atoms with van der Waals surface area (Å²) in [4.78, 5) is 12.2. The van der Waals surface area contributed by atoms with Gasteiger partial charge in [0.25, 0.3) is 0 Å². The van der Waals surface area contributed by atoms with Crippen LogP contribution in [-0.4, -0.2) is 46.2 Å². The SMILES string of the molecule is COCCOc1c(Cl)cccc1NC(=O)CS(=O)(=O)CCCc1ccccc1. The molecule has 0 unspecified atom stereocenters. The lowest BCUT2D eigenvalue weighted by Crippen LogP contribution is -2.25. The summed E-state index contributed by atoms with van der Waals surface area (Å²) in [5.74, 6) is -0.983. The first-order chi connectivity index (χ1) is 13.4. The summed E-state index contributed by atoms with van der Waals surface area (Å²) in [6, 6.07) is 14.5. The second-order valence-corrected chi connectivity index (χ2v) is 8.78. The van der Waals surface area contributed by atoms with Gasteiger partial charge < -0.3 is 14.8 Å². The summed E-state index contributed by atoms with van der Waals surface area (Å²) in [6.07, 6.45) is 1.11. The van der Waals surface area contributed by atoms with Gasteiger partial charge in [-0.1, -0.05) is 48.0 Å². The molecule has 2 rings (SSSR count). The third-order valence-electron chi connectivity index (χ3n) is 3.89. The number of methoxy groups -OCH3 is 1. The van der Waals surface area contributed by atoms with Crippen molar-refractivity contribution in [2.75, 3.05) is 37.1 Å². The largest absolute Gasteiger partial charge is 0.487 e. The lowest BCUT2D eigenvalue weighted by molar-refractivity contribution is -0.113. The number of hydrogen-bond acceptors (Lipinski definition) is 5. The molecule has 2 aromatic rings. The number of ether oxygens (including phenoxy) is 2. The minimum absolute atomic E-state index is 0.0535. The smallest absolute Gasteiger partial charge is 0.239 e. The number of nitrogens with one attached hydrogen (secondary N) is 1. The first kappa shape index (κ1) is 22.2. The lowest BCUT2D eigenvalue weighted by atomic mass is 10.1. The third kappa shape index (κ3) is 7.50. The van der Waals surface area contributed by atoms with Gasteiger partial charge in [0, 0.05) is 7.11 Å². The fraction of sp³-hybridized carbons (Fsp3) is 0.350. The van der Waals surface area contributed by atoms with Crippen LogP contribution in [0.4, 0.5) is 5.69 Å². The number of carbonyl (C=O) groups is 1. The maximum absolute atomic E-state index is 12.2. The monoisotopic (exact) mass is 425 g/mol. The van der Waals surface area contributed by atoms with E-state index in [-0.39, 0.29) is 18.1 Å². The highest BCUT2D eigenvalue weighted by Gasteiger charge is 2.18. The average Bonchev–Trinajstić information content (AvgIpc) is 2.64. The highest BCUT2D eigenvalue weighted by atomic mass is 35.5. The van der Waals surface area contributed by atoms with Crippen LogP contribution in [0.1, 0.15) is 12.0 Å². The summed E-state index contributed by atoms with van der Waals surface area (Å²) in [5, 5.41) is 2.89. The number of sulfone groups is 1. The Balaban J connectivity index is 1.91. The van der Waals surface area contributed by atoms with E-state index in [1.54, 1.807) is 25.3 Å². The quantitative estimate of drug-likeness (QED) is 0.558. The first-order valence-electron chi connectivity index (χ1n) is 8.86. The number of anilines is 1. The molecular weight excluding hydrogens is 402 g/mol. The second-order valence-electron chi connectivity index (χ2n) is 6.19. The van der Waals surface area contributed by atoms with E-state index in [1.165, 1.54) is 0 Å². The minimum Gasteiger partial charge on any atom is -0.487 e. The Hall–Kier alpha value is -2.09. The maximum Gasteiger partial charge on any atom is 0.239 e. The van der Waals surface area contributed by atoms with Crippen molar-refractivity contribution in [1.82, 2.24) is 0 Å². The van der Waals surface area contributed by atoms with E-state index >= 15 is 0 Å². The van der Waals surface area contributed by atoms with Crippen LogP contribution < -0.4 is 10.1 Å². The first-order valence-corrected chi connectivity index (χ1v) is 11.1. The van der Waals surface area contributed by atoms with Crippen molar-refractivity contribution in [2.24, 2.45) is 0 Å². The molecule has 0 aliphatic rings. The maximum atomic E-state index is 12.2. The molecule has 6 nitrogen and oxygen atoms in total. The third-order valence-corrected chi connectivity index (χ3v) is 5.80. The molecule has 1 amide bonds. The standard InChI is InChI=1S/C20H24ClNO5S/c1-26-12-13-27-20-17(21)10-5-11-18(20)22-19(23)15-28(24,25)14-6-9-16-7-3-2-4-8-16/h2-5,7-8,10-11H,6,9,12-15H2,1H3,(H,22,23). The van der Waals surface area contributed by atoms with Crippen LogP contribution in [0.2, 0.25) is 5.02 Å². The Bertz CT molecular complexity index is 871. The Morgan fingerprint density at radius 2 is 1.82 bits per heavy atom. The van der Waals surface area contributed by atoms with Gasteiger partial charge >= 0.3 is 0 Å². The highest BCUT2D eigenvalue weighted by molar-refractivity contribution is 7.92. The van der Waals surface area contributed by atoms with Gasteiger partial charge in [-0.3, -0.25) is 4.79 Å². The van der Waals surface area contributed by atoms with Crippen LogP contribution in [0.5, 0.6) is 5.75 Å². The number of aryl methyl sites for hydroxylation is 1. The predicted molar refractivity (Wildman–Crippen MR) is 111 cm³/mol. The van der Waals surface area contributed by atoms with Gasteiger partial charge in [0.2, 0.25) is 5.91 Å². The zero-order valence-corrected chi connectivity index (χ0v) is 17.3. The van der Waals surface area contributed by atoms with Gasteiger partial charge in [-0.05, 0) is 30.5 Å². The zero-order valence-electron chi connectivity index (χ0n) is 15.7. The van der Waals surface area contributed by atoms with Crippen molar-refractivity contribution in [3.63, 3.8) is 0 Å². The minimum atomic E-state index is -3.52. The molecule has 2 aromatic carbocycles. The Labute approximate surface area is 170 Å². The van der Waals surface area contributed by atoms with E-state index in [4.69, 9.17) is 21.1 Å². The molecule has 0 atom stereocenters. The molecule has 0 heterocycles. The van der Waals surface area contributed by atoms with Crippen molar-refractivity contribution in [3.05, 3.63) is 59.1 Å². The molecule has 0 spiro atoms. The molecule has 0 radical (unpaired) electrons. The Kier molecular flexibility index (Phi) is 8.76. The van der Waals surface area contributed by atoms with E-state index in [2.05, 4.69) is 5.32 Å².